The number of para-hydroxylation sites is 1. The van der Waals surface area contributed by atoms with E-state index in [1.165, 1.54) is 12.1 Å². The molecule has 3 aromatic rings. The molecule has 2 aliphatic rings. The highest BCUT2D eigenvalue weighted by molar-refractivity contribution is 5.86. The van der Waals surface area contributed by atoms with E-state index in [0.29, 0.717) is 13.0 Å². The first-order valence-electron chi connectivity index (χ1n) is 12.2. The van der Waals surface area contributed by atoms with Crippen molar-refractivity contribution in [2.45, 2.75) is 50.2 Å². The quantitative estimate of drug-likeness (QED) is 0.413. The van der Waals surface area contributed by atoms with E-state index < -0.39 is 24.6 Å². The maximum atomic E-state index is 13.8. The molecule has 0 saturated heterocycles. The number of nitrogens with zero attached hydrogens (tertiary/aromatic N) is 1. The Morgan fingerprint density at radius 3 is 2.61 bits per heavy atom. The molecule has 0 spiro atoms. The van der Waals surface area contributed by atoms with Gasteiger partial charge in [-0.2, -0.15) is 0 Å². The number of ether oxygens (including phenoxy) is 1. The number of aliphatic carboxylic acids is 1. The topological polar surface area (TPSA) is 99.9 Å². The van der Waals surface area contributed by atoms with Crippen LogP contribution in [-0.4, -0.2) is 45.1 Å². The minimum Gasteiger partial charge on any atom is -0.493 e. The van der Waals surface area contributed by atoms with Gasteiger partial charge in [-0.15, -0.1) is 0 Å². The smallest absolute Gasteiger partial charge is 0.305 e. The largest absolute Gasteiger partial charge is 0.493 e. The van der Waals surface area contributed by atoms with Crippen molar-refractivity contribution >= 4 is 12.0 Å². The van der Waals surface area contributed by atoms with Gasteiger partial charge < -0.3 is 20.1 Å². The van der Waals surface area contributed by atoms with Gasteiger partial charge in [-0.05, 0) is 53.8 Å². The van der Waals surface area contributed by atoms with Gasteiger partial charge in [0.05, 0.1) is 36.6 Å². The van der Waals surface area contributed by atoms with Crippen LogP contribution in [0.25, 0.3) is 28.5 Å². The summed E-state index contributed by atoms with van der Waals surface area (Å²) in [6.07, 6.45) is 3.31. The highest BCUT2D eigenvalue weighted by Gasteiger charge is 2.32. The zero-order chi connectivity index (χ0) is 25.2. The number of rotatable bonds is 8. The molecular formula is C29H28FNO5. The van der Waals surface area contributed by atoms with Gasteiger partial charge in [-0.25, -0.2) is 4.39 Å². The molecule has 1 fully saturated rings. The molecule has 1 aliphatic heterocycles. The number of pyridine rings is 1. The van der Waals surface area contributed by atoms with Gasteiger partial charge in [0.2, 0.25) is 0 Å². The van der Waals surface area contributed by atoms with Crippen LogP contribution in [0.2, 0.25) is 0 Å². The van der Waals surface area contributed by atoms with E-state index in [4.69, 9.17) is 14.8 Å². The zero-order valence-electron chi connectivity index (χ0n) is 19.7. The Balaban J connectivity index is 1.66. The zero-order valence-corrected chi connectivity index (χ0v) is 19.7. The van der Waals surface area contributed by atoms with Crippen LogP contribution in [0.15, 0.2) is 54.6 Å². The highest BCUT2D eigenvalue weighted by atomic mass is 19.1. The van der Waals surface area contributed by atoms with Gasteiger partial charge in [-0.1, -0.05) is 36.4 Å². The molecule has 1 saturated carbocycles. The molecule has 0 radical (unpaired) electrons. The molecule has 0 amide bonds. The lowest BCUT2D eigenvalue weighted by Gasteiger charge is -2.20. The molecule has 3 N–H and O–H groups in total. The van der Waals surface area contributed by atoms with Gasteiger partial charge in [0.15, 0.2) is 0 Å². The van der Waals surface area contributed by atoms with Crippen LogP contribution in [0.5, 0.6) is 5.75 Å². The van der Waals surface area contributed by atoms with E-state index in [1.54, 1.807) is 18.2 Å². The molecule has 6 nitrogen and oxygen atoms in total. The summed E-state index contributed by atoms with van der Waals surface area (Å²) in [5, 5.41) is 29.4. The third-order valence-corrected chi connectivity index (χ3v) is 6.62. The number of carboxylic acid groups (broad SMARTS) is 1. The summed E-state index contributed by atoms with van der Waals surface area (Å²) in [6.45, 7) is 0.468. The number of aliphatic hydroxyl groups is 2. The molecule has 0 bridgehead atoms. The molecule has 36 heavy (non-hydrogen) atoms. The van der Waals surface area contributed by atoms with Crippen LogP contribution in [0.1, 0.15) is 48.4 Å². The average Bonchev–Trinajstić information content (AvgIpc) is 3.69. The van der Waals surface area contributed by atoms with Gasteiger partial charge in [0, 0.05) is 29.9 Å². The number of halogens is 1. The molecule has 1 aromatic heterocycles. The molecule has 1 aliphatic carbocycles. The number of hydrogen-bond acceptors (Lipinski definition) is 5. The van der Waals surface area contributed by atoms with Gasteiger partial charge in [0.1, 0.15) is 11.6 Å². The van der Waals surface area contributed by atoms with Crippen LogP contribution in [0.4, 0.5) is 4.39 Å². The van der Waals surface area contributed by atoms with E-state index in [-0.39, 0.29) is 18.2 Å². The summed E-state index contributed by atoms with van der Waals surface area (Å²) >= 11 is 0. The fourth-order valence-electron chi connectivity index (χ4n) is 4.81. The molecule has 186 valence electrons. The van der Waals surface area contributed by atoms with Crippen LogP contribution in [-0.2, 0) is 11.2 Å². The maximum absolute atomic E-state index is 13.8. The van der Waals surface area contributed by atoms with E-state index in [2.05, 4.69) is 0 Å². The minimum absolute atomic E-state index is 0.0902. The standard InChI is InChI=1S/C29H28FNO5/c30-19-9-7-17(8-10-19)27-23(12-11-20(32)15-21(33)16-26(34)35)28(18-5-6-18)31-29-22-3-1-2-4-25(22)36-14-13-24(27)29/h1-4,7-12,18,20-21,32-33H,5-6,13-16H2,(H,34,35)/b12-11+. The minimum atomic E-state index is -1.15. The van der Waals surface area contributed by atoms with Crippen molar-refractivity contribution < 1.29 is 29.2 Å². The molecule has 2 unspecified atom stereocenters. The van der Waals surface area contributed by atoms with Crippen molar-refractivity contribution in [1.29, 1.82) is 0 Å². The number of hydrogen-bond donors (Lipinski definition) is 3. The molecule has 2 atom stereocenters. The summed E-state index contributed by atoms with van der Waals surface area (Å²) in [4.78, 5) is 16.0. The predicted octanol–water partition coefficient (Wildman–Crippen LogP) is 4.97. The van der Waals surface area contributed by atoms with Crippen LogP contribution < -0.4 is 4.74 Å². The number of carboxylic acids is 1. The number of aliphatic hydroxyl groups excluding tert-OH is 2. The molecular weight excluding hydrogens is 461 g/mol. The Morgan fingerprint density at radius 2 is 1.89 bits per heavy atom. The number of fused-ring (bicyclic) bond motifs is 3. The van der Waals surface area contributed by atoms with Gasteiger partial charge in [0.25, 0.3) is 0 Å². The van der Waals surface area contributed by atoms with Crippen molar-refractivity contribution in [2.24, 2.45) is 0 Å². The first kappa shape index (κ1) is 24.2. The Morgan fingerprint density at radius 1 is 1.14 bits per heavy atom. The van der Waals surface area contributed by atoms with Crippen LogP contribution >= 0.6 is 0 Å². The second-order valence-corrected chi connectivity index (χ2v) is 9.40. The summed E-state index contributed by atoms with van der Waals surface area (Å²) in [5.41, 5.74) is 6.32. The predicted molar refractivity (Wildman–Crippen MR) is 134 cm³/mol. The van der Waals surface area contributed by atoms with Crippen molar-refractivity contribution in [3.63, 3.8) is 0 Å². The number of benzene rings is 2. The molecule has 5 rings (SSSR count). The molecule has 7 heteroatoms. The normalized spacial score (nSPS) is 16.5. The third-order valence-electron chi connectivity index (χ3n) is 6.62. The average molecular weight is 490 g/mol. The van der Waals surface area contributed by atoms with Crippen LogP contribution in [0.3, 0.4) is 0 Å². The fourth-order valence-corrected chi connectivity index (χ4v) is 4.81. The highest BCUT2D eigenvalue weighted by Crippen LogP contribution is 2.48. The first-order valence-corrected chi connectivity index (χ1v) is 12.2. The van der Waals surface area contributed by atoms with Crippen molar-refractivity contribution in [3.8, 4) is 28.1 Å². The van der Waals surface area contributed by atoms with Crippen molar-refractivity contribution in [3.05, 3.63) is 77.2 Å². The fraction of sp³-hybridized carbons (Fsp3) is 0.310. The third kappa shape index (κ3) is 5.17. The van der Waals surface area contributed by atoms with Crippen molar-refractivity contribution in [2.75, 3.05) is 6.61 Å². The van der Waals surface area contributed by atoms with Crippen molar-refractivity contribution in [1.82, 2.24) is 4.98 Å². The second-order valence-electron chi connectivity index (χ2n) is 9.40. The van der Waals surface area contributed by atoms with E-state index in [9.17, 15) is 19.4 Å². The Kier molecular flexibility index (Phi) is 6.85. The van der Waals surface area contributed by atoms with Gasteiger partial charge >= 0.3 is 5.97 Å². The molecule has 2 aromatic carbocycles. The lowest BCUT2D eigenvalue weighted by atomic mass is 9.87. The maximum Gasteiger partial charge on any atom is 0.305 e. The monoisotopic (exact) mass is 489 g/mol. The molecule has 2 heterocycles. The van der Waals surface area contributed by atoms with Crippen LogP contribution in [0, 0.1) is 5.82 Å². The first-order chi connectivity index (χ1) is 17.4. The Bertz CT molecular complexity index is 1300. The lowest BCUT2D eigenvalue weighted by molar-refractivity contribution is -0.139. The SMILES string of the molecule is O=C(O)CC(O)CC(O)/C=C/c1c(C2CC2)nc2c(c1-c1ccc(F)cc1)CCOc1ccccc1-2. The van der Waals surface area contributed by atoms with E-state index >= 15 is 0 Å². The summed E-state index contributed by atoms with van der Waals surface area (Å²) in [6, 6.07) is 14.2. The summed E-state index contributed by atoms with van der Waals surface area (Å²) in [5.74, 6) is -0.386. The summed E-state index contributed by atoms with van der Waals surface area (Å²) in [7, 11) is 0. The number of aromatic nitrogens is 1. The Labute approximate surface area is 208 Å². The summed E-state index contributed by atoms with van der Waals surface area (Å²) < 4.78 is 19.9. The number of carbonyl (C=O) groups is 1. The lowest BCUT2D eigenvalue weighted by Crippen LogP contribution is -2.19. The van der Waals surface area contributed by atoms with Gasteiger partial charge in [-0.3, -0.25) is 9.78 Å². The second kappa shape index (κ2) is 10.2. The van der Waals surface area contributed by atoms with E-state index in [1.807, 2.05) is 30.3 Å². The Hall–Kier alpha value is -3.55. The van der Waals surface area contributed by atoms with E-state index in [0.717, 1.165) is 57.8 Å².